The molecule has 22 heavy (non-hydrogen) atoms. The zero-order valence-electron chi connectivity index (χ0n) is 12.6. The van der Waals surface area contributed by atoms with Crippen molar-refractivity contribution in [2.75, 3.05) is 14.2 Å². The number of para-hydroxylation sites is 2. The molecule has 0 atom stereocenters. The molecule has 2 aromatic carbocycles. The van der Waals surface area contributed by atoms with Gasteiger partial charge in [0.1, 0.15) is 17.2 Å². The van der Waals surface area contributed by atoms with Crippen LogP contribution in [0.2, 0.25) is 0 Å². The van der Waals surface area contributed by atoms with Crippen LogP contribution in [0.5, 0.6) is 11.5 Å². The van der Waals surface area contributed by atoms with Gasteiger partial charge in [-0.1, -0.05) is 12.1 Å². The maximum atomic E-state index is 5.30. The number of aryl methyl sites for hydroxylation is 1. The van der Waals surface area contributed by atoms with Crippen LogP contribution in [0.1, 0.15) is 0 Å². The van der Waals surface area contributed by atoms with Crippen molar-refractivity contribution >= 4 is 22.7 Å². The molecule has 1 aromatic heterocycles. The summed E-state index contributed by atoms with van der Waals surface area (Å²) in [6, 6.07) is 13.2. The summed E-state index contributed by atoms with van der Waals surface area (Å²) in [6.07, 6.45) is 0. The SMILES string of the molecule is COc1ccc(/N=N/c2nc3ccccc3n2C)c(OC)c1. The third-order valence-electron chi connectivity index (χ3n) is 3.40. The summed E-state index contributed by atoms with van der Waals surface area (Å²) in [5, 5.41) is 8.47. The number of methoxy groups -OCH3 is 2. The van der Waals surface area contributed by atoms with E-state index in [1.165, 1.54) is 0 Å². The standard InChI is InChI=1S/C16H16N4O2/c1-20-14-7-5-4-6-12(14)17-16(20)19-18-13-9-8-11(21-2)10-15(13)22-3/h4-10H,1-3H3/b19-18+. The largest absolute Gasteiger partial charge is 0.497 e. The maximum absolute atomic E-state index is 5.30. The molecular formula is C16H16N4O2. The van der Waals surface area contributed by atoms with E-state index < -0.39 is 0 Å². The number of aromatic nitrogens is 2. The number of nitrogens with zero attached hydrogens (tertiary/aromatic N) is 4. The molecule has 0 unspecified atom stereocenters. The molecule has 0 fully saturated rings. The van der Waals surface area contributed by atoms with Gasteiger partial charge >= 0.3 is 0 Å². The lowest BCUT2D eigenvalue weighted by Gasteiger charge is -2.05. The van der Waals surface area contributed by atoms with E-state index in [-0.39, 0.29) is 0 Å². The van der Waals surface area contributed by atoms with Gasteiger partial charge in [0.15, 0.2) is 0 Å². The van der Waals surface area contributed by atoms with Crippen molar-refractivity contribution in [1.82, 2.24) is 9.55 Å². The number of azo groups is 1. The first-order valence-corrected chi connectivity index (χ1v) is 6.78. The Morgan fingerprint density at radius 1 is 1.00 bits per heavy atom. The fourth-order valence-electron chi connectivity index (χ4n) is 2.19. The molecule has 3 rings (SSSR count). The Morgan fingerprint density at radius 2 is 1.82 bits per heavy atom. The van der Waals surface area contributed by atoms with E-state index in [0.717, 1.165) is 11.0 Å². The molecule has 0 N–H and O–H groups in total. The molecule has 0 aliphatic carbocycles. The molecular weight excluding hydrogens is 280 g/mol. The fraction of sp³-hybridized carbons (Fsp3) is 0.188. The lowest BCUT2D eigenvalue weighted by molar-refractivity contribution is 0.395. The van der Waals surface area contributed by atoms with Crippen molar-refractivity contribution < 1.29 is 9.47 Å². The van der Waals surface area contributed by atoms with Gasteiger partial charge in [0.2, 0.25) is 5.95 Å². The van der Waals surface area contributed by atoms with E-state index in [1.54, 1.807) is 26.4 Å². The topological polar surface area (TPSA) is 61.0 Å². The van der Waals surface area contributed by atoms with E-state index in [9.17, 15) is 0 Å². The van der Waals surface area contributed by atoms with Crippen molar-refractivity contribution in [3.8, 4) is 11.5 Å². The normalized spacial score (nSPS) is 11.2. The lowest BCUT2D eigenvalue weighted by Crippen LogP contribution is -1.87. The average molecular weight is 296 g/mol. The molecule has 0 aliphatic rings. The van der Waals surface area contributed by atoms with E-state index in [1.807, 2.05) is 41.9 Å². The minimum absolute atomic E-state index is 0.541. The zero-order chi connectivity index (χ0) is 15.5. The molecule has 0 saturated carbocycles. The number of ether oxygens (including phenoxy) is 2. The van der Waals surface area contributed by atoms with Gasteiger partial charge in [-0.15, -0.1) is 10.2 Å². The van der Waals surface area contributed by atoms with Crippen LogP contribution in [0, 0.1) is 0 Å². The summed E-state index contributed by atoms with van der Waals surface area (Å²) in [6.45, 7) is 0. The number of benzene rings is 2. The number of hydrogen-bond acceptors (Lipinski definition) is 5. The van der Waals surface area contributed by atoms with Crippen LogP contribution in [0.15, 0.2) is 52.7 Å². The first kappa shape index (κ1) is 14.1. The van der Waals surface area contributed by atoms with Gasteiger partial charge in [-0.05, 0) is 24.3 Å². The van der Waals surface area contributed by atoms with Crippen molar-refractivity contribution in [2.24, 2.45) is 17.3 Å². The Kier molecular flexibility index (Phi) is 3.74. The maximum Gasteiger partial charge on any atom is 0.250 e. The second-order valence-corrected chi connectivity index (χ2v) is 4.70. The Morgan fingerprint density at radius 3 is 2.55 bits per heavy atom. The van der Waals surface area contributed by atoms with Crippen molar-refractivity contribution in [3.63, 3.8) is 0 Å². The predicted molar refractivity (Wildman–Crippen MR) is 84.4 cm³/mol. The quantitative estimate of drug-likeness (QED) is 0.683. The van der Waals surface area contributed by atoms with Crippen LogP contribution in [-0.4, -0.2) is 23.8 Å². The third kappa shape index (κ3) is 2.50. The van der Waals surface area contributed by atoms with Gasteiger partial charge in [-0.3, -0.25) is 0 Å². The molecule has 0 saturated heterocycles. The predicted octanol–water partition coefficient (Wildman–Crippen LogP) is 4.01. The van der Waals surface area contributed by atoms with Gasteiger partial charge in [0, 0.05) is 13.1 Å². The molecule has 112 valence electrons. The van der Waals surface area contributed by atoms with Crippen LogP contribution in [0.25, 0.3) is 11.0 Å². The lowest BCUT2D eigenvalue weighted by atomic mass is 10.3. The van der Waals surface area contributed by atoms with Crippen LogP contribution in [-0.2, 0) is 7.05 Å². The van der Waals surface area contributed by atoms with Gasteiger partial charge in [-0.25, -0.2) is 4.98 Å². The summed E-state index contributed by atoms with van der Waals surface area (Å²) in [5.74, 6) is 1.85. The van der Waals surface area contributed by atoms with Gasteiger partial charge in [0.25, 0.3) is 0 Å². The molecule has 0 aliphatic heterocycles. The Hall–Kier alpha value is -2.89. The van der Waals surface area contributed by atoms with Crippen LogP contribution < -0.4 is 9.47 Å². The summed E-state index contributed by atoms with van der Waals surface area (Å²) >= 11 is 0. The van der Waals surface area contributed by atoms with Crippen LogP contribution in [0.4, 0.5) is 11.6 Å². The van der Waals surface area contributed by atoms with E-state index in [4.69, 9.17) is 9.47 Å². The van der Waals surface area contributed by atoms with Gasteiger partial charge < -0.3 is 14.0 Å². The smallest absolute Gasteiger partial charge is 0.250 e. The summed E-state index contributed by atoms with van der Waals surface area (Å²) < 4.78 is 12.4. The number of fused-ring (bicyclic) bond motifs is 1. The molecule has 0 radical (unpaired) electrons. The molecule has 6 nitrogen and oxygen atoms in total. The monoisotopic (exact) mass is 296 g/mol. The van der Waals surface area contributed by atoms with E-state index in [2.05, 4.69) is 15.2 Å². The van der Waals surface area contributed by atoms with Crippen LogP contribution >= 0.6 is 0 Å². The molecule has 0 amide bonds. The highest BCUT2D eigenvalue weighted by molar-refractivity contribution is 5.77. The minimum atomic E-state index is 0.541. The molecule has 1 heterocycles. The summed E-state index contributed by atoms with van der Waals surface area (Å²) in [4.78, 5) is 4.45. The average Bonchev–Trinajstić information content (AvgIpc) is 2.89. The van der Waals surface area contributed by atoms with Crippen molar-refractivity contribution in [1.29, 1.82) is 0 Å². The van der Waals surface area contributed by atoms with Gasteiger partial charge in [-0.2, -0.15) is 0 Å². The van der Waals surface area contributed by atoms with E-state index in [0.29, 0.717) is 23.1 Å². The molecule has 0 spiro atoms. The Balaban J connectivity index is 1.97. The van der Waals surface area contributed by atoms with Crippen LogP contribution in [0.3, 0.4) is 0 Å². The highest BCUT2D eigenvalue weighted by Crippen LogP contribution is 2.32. The fourth-order valence-corrected chi connectivity index (χ4v) is 2.19. The molecule has 0 bridgehead atoms. The Bertz CT molecular complexity index is 839. The zero-order valence-corrected chi connectivity index (χ0v) is 12.6. The molecule has 6 heteroatoms. The number of imidazole rings is 1. The third-order valence-corrected chi connectivity index (χ3v) is 3.40. The van der Waals surface area contributed by atoms with Crippen molar-refractivity contribution in [2.45, 2.75) is 0 Å². The number of hydrogen-bond donors (Lipinski definition) is 0. The number of rotatable bonds is 4. The molecule has 3 aromatic rings. The van der Waals surface area contributed by atoms with E-state index >= 15 is 0 Å². The second kappa shape index (κ2) is 5.85. The Labute approximate surface area is 128 Å². The summed E-state index contributed by atoms with van der Waals surface area (Å²) in [5.41, 5.74) is 2.52. The minimum Gasteiger partial charge on any atom is -0.497 e. The highest BCUT2D eigenvalue weighted by Gasteiger charge is 2.07. The first-order chi connectivity index (χ1) is 10.7. The first-order valence-electron chi connectivity index (χ1n) is 6.78. The van der Waals surface area contributed by atoms with Gasteiger partial charge in [0.05, 0.1) is 25.3 Å². The highest BCUT2D eigenvalue weighted by atomic mass is 16.5. The summed E-state index contributed by atoms with van der Waals surface area (Å²) in [7, 11) is 5.10. The van der Waals surface area contributed by atoms with Crippen molar-refractivity contribution in [3.05, 3.63) is 42.5 Å². The second-order valence-electron chi connectivity index (χ2n) is 4.70.